The lowest BCUT2D eigenvalue weighted by Gasteiger charge is -2.07. The second-order valence-electron chi connectivity index (χ2n) is 4.62. The van der Waals surface area contributed by atoms with Gasteiger partial charge in [-0.25, -0.2) is 8.42 Å². The largest absolute Gasteiger partial charge is 0.469 e. The normalized spacial score (nSPS) is 13.2. The van der Waals surface area contributed by atoms with E-state index in [4.69, 9.17) is 0 Å². The quantitative estimate of drug-likeness (QED) is 0.517. The van der Waals surface area contributed by atoms with Crippen molar-refractivity contribution in [2.45, 2.75) is 23.8 Å². The average molecular weight is 327 g/mol. The van der Waals surface area contributed by atoms with Crippen molar-refractivity contribution in [1.82, 2.24) is 5.32 Å². The number of hydrogen-bond donors (Lipinski definition) is 2. The summed E-state index contributed by atoms with van der Waals surface area (Å²) in [7, 11) is -2.20. The minimum absolute atomic E-state index is 0.189. The van der Waals surface area contributed by atoms with Gasteiger partial charge in [0, 0.05) is 12.0 Å². The predicted molar refractivity (Wildman–Crippen MR) is 82.9 cm³/mol. The van der Waals surface area contributed by atoms with E-state index >= 15 is 0 Å². The third-order valence-electron chi connectivity index (χ3n) is 2.90. The molecule has 1 unspecified atom stereocenters. The highest BCUT2D eigenvalue weighted by Gasteiger charge is 2.10. The molecule has 0 saturated heterocycles. The first kappa shape index (κ1) is 18.3. The molecule has 0 heterocycles. The minimum Gasteiger partial charge on any atom is -0.469 e. The maximum atomic E-state index is 12.0. The van der Waals surface area contributed by atoms with Crippen molar-refractivity contribution in [2.75, 3.05) is 20.2 Å². The molecule has 0 spiro atoms. The Bertz CT molecular complexity index is 583. The van der Waals surface area contributed by atoms with E-state index in [1.807, 2.05) is 0 Å². The van der Waals surface area contributed by atoms with Gasteiger partial charge in [0.05, 0.1) is 24.5 Å². The first-order chi connectivity index (χ1) is 10.5. The number of hydrogen-bond acceptors (Lipinski definition) is 6. The standard InChI is InChI=1S/C15H21NO5S/c1-21-15(18)8-11-16-10-7-13(17)9-12-22(19,20)14-5-3-2-4-6-14/h2-6,9,12-13,16-17H,7-8,10-11H2,1H3/b12-9+. The summed E-state index contributed by atoms with van der Waals surface area (Å²) in [6.45, 7) is 0.916. The number of ether oxygens (including phenoxy) is 1. The molecule has 0 saturated carbocycles. The van der Waals surface area contributed by atoms with Gasteiger partial charge in [0.1, 0.15) is 0 Å². The first-order valence-electron chi connectivity index (χ1n) is 6.89. The van der Waals surface area contributed by atoms with E-state index in [2.05, 4.69) is 10.1 Å². The van der Waals surface area contributed by atoms with Gasteiger partial charge >= 0.3 is 5.97 Å². The lowest BCUT2D eigenvalue weighted by atomic mass is 10.2. The molecular weight excluding hydrogens is 306 g/mol. The second-order valence-corrected chi connectivity index (χ2v) is 6.45. The SMILES string of the molecule is COC(=O)CCNCCC(O)/C=C/S(=O)(=O)c1ccccc1. The van der Waals surface area contributed by atoms with E-state index < -0.39 is 15.9 Å². The van der Waals surface area contributed by atoms with E-state index in [-0.39, 0.29) is 17.3 Å². The Morgan fingerprint density at radius 1 is 1.32 bits per heavy atom. The number of carbonyl (C=O) groups excluding carboxylic acids is 1. The van der Waals surface area contributed by atoms with Gasteiger partial charge in [0.15, 0.2) is 9.84 Å². The van der Waals surface area contributed by atoms with Crippen LogP contribution in [-0.2, 0) is 19.4 Å². The van der Waals surface area contributed by atoms with Crippen molar-refractivity contribution < 1.29 is 23.1 Å². The molecule has 122 valence electrons. The molecule has 0 bridgehead atoms. The summed E-state index contributed by atoms with van der Waals surface area (Å²) in [5.74, 6) is -0.304. The van der Waals surface area contributed by atoms with E-state index in [1.54, 1.807) is 18.2 Å². The summed E-state index contributed by atoms with van der Waals surface area (Å²) in [6.07, 6.45) is 0.987. The van der Waals surface area contributed by atoms with Crippen LogP contribution in [0.2, 0.25) is 0 Å². The summed E-state index contributed by atoms with van der Waals surface area (Å²) in [5, 5.41) is 13.7. The van der Waals surface area contributed by atoms with Gasteiger partial charge < -0.3 is 15.2 Å². The topological polar surface area (TPSA) is 92.7 Å². The zero-order chi connectivity index (χ0) is 16.4. The molecule has 0 radical (unpaired) electrons. The lowest BCUT2D eigenvalue weighted by molar-refractivity contribution is -0.140. The van der Waals surface area contributed by atoms with Crippen molar-refractivity contribution in [2.24, 2.45) is 0 Å². The molecule has 22 heavy (non-hydrogen) atoms. The van der Waals surface area contributed by atoms with E-state index in [9.17, 15) is 18.3 Å². The van der Waals surface area contributed by atoms with Crippen LogP contribution in [0, 0.1) is 0 Å². The third-order valence-corrected chi connectivity index (χ3v) is 4.35. The van der Waals surface area contributed by atoms with Gasteiger partial charge in [-0.3, -0.25) is 4.79 Å². The van der Waals surface area contributed by atoms with Crippen LogP contribution in [0.4, 0.5) is 0 Å². The fourth-order valence-electron chi connectivity index (χ4n) is 1.65. The molecule has 0 aromatic heterocycles. The van der Waals surface area contributed by atoms with Crippen LogP contribution in [0.15, 0.2) is 46.7 Å². The van der Waals surface area contributed by atoms with Crippen LogP contribution in [0.3, 0.4) is 0 Å². The van der Waals surface area contributed by atoms with Crippen molar-refractivity contribution in [3.63, 3.8) is 0 Å². The van der Waals surface area contributed by atoms with E-state index in [1.165, 1.54) is 25.3 Å². The highest BCUT2D eigenvalue weighted by molar-refractivity contribution is 7.94. The zero-order valence-electron chi connectivity index (χ0n) is 12.4. The van der Waals surface area contributed by atoms with Gasteiger partial charge in [0.2, 0.25) is 0 Å². The van der Waals surface area contributed by atoms with Crippen LogP contribution in [0.5, 0.6) is 0 Å². The van der Waals surface area contributed by atoms with Gasteiger partial charge in [-0.1, -0.05) is 18.2 Å². The summed E-state index contributed by atoms with van der Waals surface area (Å²) in [4.78, 5) is 11.1. The molecule has 1 aromatic carbocycles. The number of sulfone groups is 1. The maximum Gasteiger partial charge on any atom is 0.306 e. The number of methoxy groups -OCH3 is 1. The van der Waals surface area contributed by atoms with Crippen LogP contribution < -0.4 is 5.32 Å². The Labute approximate surface area is 130 Å². The molecule has 6 nitrogen and oxygen atoms in total. The fraction of sp³-hybridized carbons (Fsp3) is 0.400. The van der Waals surface area contributed by atoms with Crippen molar-refractivity contribution in [3.05, 3.63) is 41.8 Å². The highest BCUT2D eigenvalue weighted by atomic mass is 32.2. The number of esters is 1. The van der Waals surface area contributed by atoms with Gasteiger partial charge in [-0.2, -0.15) is 0 Å². The molecule has 1 rings (SSSR count). The molecule has 7 heteroatoms. The predicted octanol–water partition coefficient (Wildman–Crippen LogP) is 0.878. The number of nitrogens with one attached hydrogen (secondary N) is 1. The Morgan fingerprint density at radius 2 is 2.00 bits per heavy atom. The monoisotopic (exact) mass is 327 g/mol. The molecule has 1 atom stereocenters. The summed E-state index contributed by atoms with van der Waals surface area (Å²) < 4.78 is 28.4. The number of benzene rings is 1. The fourth-order valence-corrected chi connectivity index (χ4v) is 2.73. The molecule has 1 aromatic rings. The van der Waals surface area contributed by atoms with Crippen molar-refractivity contribution in [1.29, 1.82) is 0 Å². The number of rotatable bonds is 9. The molecule has 0 aliphatic carbocycles. The zero-order valence-corrected chi connectivity index (χ0v) is 13.3. The second kappa shape index (κ2) is 9.34. The first-order valence-corrected chi connectivity index (χ1v) is 8.44. The number of aliphatic hydroxyl groups is 1. The molecule has 0 fully saturated rings. The summed E-state index contributed by atoms with van der Waals surface area (Å²) >= 11 is 0. The van der Waals surface area contributed by atoms with Crippen LogP contribution in [0.25, 0.3) is 0 Å². The molecule has 2 N–H and O–H groups in total. The number of aliphatic hydroxyl groups excluding tert-OH is 1. The highest BCUT2D eigenvalue weighted by Crippen LogP contribution is 2.11. The van der Waals surface area contributed by atoms with Crippen molar-refractivity contribution >= 4 is 15.8 Å². The third kappa shape index (κ3) is 6.84. The van der Waals surface area contributed by atoms with Crippen molar-refractivity contribution in [3.8, 4) is 0 Å². The lowest BCUT2D eigenvalue weighted by Crippen LogP contribution is -2.22. The number of carbonyl (C=O) groups is 1. The Hall–Kier alpha value is -1.70. The van der Waals surface area contributed by atoms with Gasteiger partial charge in [0.25, 0.3) is 0 Å². The van der Waals surface area contributed by atoms with Crippen LogP contribution in [-0.4, -0.2) is 45.8 Å². The Kier molecular flexibility index (Phi) is 7.79. The molecule has 0 aliphatic heterocycles. The van der Waals surface area contributed by atoms with Crippen LogP contribution in [0.1, 0.15) is 12.8 Å². The molecular formula is C15H21NO5S. The molecule has 0 amide bonds. The van der Waals surface area contributed by atoms with Crippen LogP contribution >= 0.6 is 0 Å². The van der Waals surface area contributed by atoms with E-state index in [0.29, 0.717) is 19.5 Å². The summed E-state index contributed by atoms with van der Waals surface area (Å²) in [6, 6.07) is 8.02. The smallest absolute Gasteiger partial charge is 0.306 e. The average Bonchev–Trinajstić information content (AvgIpc) is 2.53. The van der Waals surface area contributed by atoms with E-state index in [0.717, 1.165) is 5.41 Å². The molecule has 0 aliphatic rings. The Morgan fingerprint density at radius 3 is 2.64 bits per heavy atom. The van der Waals surface area contributed by atoms with Gasteiger partial charge in [-0.15, -0.1) is 0 Å². The minimum atomic E-state index is -3.53. The summed E-state index contributed by atoms with van der Waals surface area (Å²) in [5.41, 5.74) is 0. The maximum absolute atomic E-state index is 12.0. The van der Waals surface area contributed by atoms with Gasteiger partial charge in [-0.05, 0) is 31.2 Å². The Balaban J connectivity index is 2.35.